The largest absolute Gasteiger partial charge is 0.397 e. The van der Waals surface area contributed by atoms with Crippen LogP contribution in [0.5, 0.6) is 0 Å². The van der Waals surface area contributed by atoms with Crippen molar-refractivity contribution in [2.75, 3.05) is 19.8 Å². The molecular weight excluding hydrogens is 360 g/mol. The Balaban J connectivity index is -0.000000123. The molecule has 0 aromatic carbocycles. The van der Waals surface area contributed by atoms with Gasteiger partial charge in [0, 0.05) is 41.5 Å². The molecule has 3 nitrogen and oxygen atoms in total. The van der Waals surface area contributed by atoms with Crippen molar-refractivity contribution in [2.45, 2.75) is 118 Å². The first kappa shape index (κ1) is 37.4. The van der Waals surface area contributed by atoms with Gasteiger partial charge in [-0.25, -0.2) is 0 Å². The van der Waals surface area contributed by atoms with Crippen LogP contribution in [0.3, 0.4) is 0 Å². The van der Waals surface area contributed by atoms with Gasteiger partial charge < -0.3 is 22.2 Å². The summed E-state index contributed by atoms with van der Waals surface area (Å²) in [6.45, 7) is 12.0. The number of hydrogen-bond acceptors (Lipinski definition) is 3. The van der Waals surface area contributed by atoms with Crippen LogP contribution in [0.1, 0.15) is 118 Å². The second-order valence-electron chi connectivity index (χ2n) is 6.04. The van der Waals surface area contributed by atoms with Crippen LogP contribution >= 0.6 is 0 Å². The average molecular weight is 412 g/mol. The second kappa shape index (κ2) is 50.0. The third kappa shape index (κ3) is 74.1. The first-order chi connectivity index (χ1) is 12.2. The maximum Gasteiger partial charge on any atom is 0.0402 e. The fraction of sp³-hybridized carbons (Fsp3) is 0.955. The zero-order valence-corrected chi connectivity index (χ0v) is 20.1. The number of aliphatic hydroxyl groups is 3. The molecule has 0 aliphatic carbocycles. The maximum absolute atomic E-state index is 7.57. The topological polar surface area (TPSA) is 60.7 Å². The molecule has 0 aliphatic heterocycles. The van der Waals surface area contributed by atoms with Crippen molar-refractivity contribution < 1.29 is 37.0 Å². The Hall–Kier alpha value is 0.594. The fourth-order valence-corrected chi connectivity index (χ4v) is 2.19. The smallest absolute Gasteiger partial charge is 0.0402 e. The minimum atomic E-state index is 0. The predicted molar refractivity (Wildman–Crippen MR) is 114 cm³/mol. The van der Waals surface area contributed by atoms with Crippen molar-refractivity contribution in [3.63, 3.8) is 0 Å². The Labute approximate surface area is 181 Å². The molecule has 0 aliphatic rings. The average Bonchev–Trinajstić information content (AvgIpc) is 2.58. The van der Waals surface area contributed by atoms with Gasteiger partial charge in [0.15, 0.2) is 0 Å². The summed E-state index contributed by atoms with van der Waals surface area (Å²) < 4.78 is 0. The molecule has 0 aromatic rings. The molecule has 0 atom stereocenters. The summed E-state index contributed by atoms with van der Waals surface area (Å²) in [6, 6.07) is 0. The Bertz CT molecular complexity index is 140. The van der Waals surface area contributed by atoms with E-state index in [9.17, 15) is 0 Å². The molecule has 4 heteroatoms. The van der Waals surface area contributed by atoms with Crippen molar-refractivity contribution in [3.8, 4) is 0 Å². The first-order valence-corrected chi connectivity index (χ1v) is 10.8. The van der Waals surface area contributed by atoms with Gasteiger partial charge in [0.2, 0.25) is 0 Å². The zero-order chi connectivity index (χ0) is 20.0. The summed E-state index contributed by atoms with van der Waals surface area (Å²) in [5, 5.41) is 22.7. The van der Waals surface area contributed by atoms with Gasteiger partial charge in [-0.3, -0.25) is 0 Å². The molecule has 0 aromatic heterocycles. The molecular formula is C22H51O3Ti-. The molecule has 0 rings (SSSR count). The van der Waals surface area contributed by atoms with Gasteiger partial charge in [-0.1, -0.05) is 90.4 Å². The van der Waals surface area contributed by atoms with Crippen molar-refractivity contribution in [1.82, 2.24) is 0 Å². The predicted octanol–water partition coefficient (Wildman–Crippen LogP) is 6.30. The molecule has 0 unspecified atom stereocenters. The molecule has 0 fully saturated rings. The van der Waals surface area contributed by atoms with Crippen LogP contribution in [0.25, 0.3) is 0 Å². The molecule has 162 valence electrons. The molecule has 26 heavy (non-hydrogen) atoms. The molecule has 0 heterocycles. The Morgan fingerprint density at radius 1 is 0.462 bits per heavy atom. The van der Waals surface area contributed by atoms with E-state index >= 15 is 0 Å². The van der Waals surface area contributed by atoms with E-state index in [1.54, 1.807) is 20.8 Å². The molecule has 0 bridgehead atoms. The molecule has 3 N–H and O–H groups in total. The standard InChI is InChI=1S/C16H33.3C2H6O.Ti/c1-3-5-7-9-11-13-15-16-14-12-10-8-6-4-2;3*1-2-3;/h1,3-16H2,2H3;3*3H,2H2,1H3;/q-1;;;;. The van der Waals surface area contributed by atoms with Gasteiger partial charge in [-0.05, 0) is 20.8 Å². The molecule has 0 amide bonds. The van der Waals surface area contributed by atoms with E-state index in [-0.39, 0.29) is 41.5 Å². The summed E-state index contributed by atoms with van der Waals surface area (Å²) in [6.07, 6.45) is 19.8. The number of unbranched alkanes of at least 4 members (excludes halogenated alkanes) is 13. The number of aliphatic hydroxyl groups excluding tert-OH is 3. The Morgan fingerprint density at radius 3 is 0.846 bits per heavy atom. The molecule has 0 saturated heterocycles. The van der Waals surface area contributed by atoms with Gasteiger partial charge in [-0.15, -0.1) is 0 Å². The molecule has 0 radical (unpaired) electrons. The first-order valence-electron chi connectivity index (χ1n) is 10.8. The van der Waals surface area contributed by atoms with Gasteiger partial charge in [0.1, 0.15) is 0 Å². The van der Waals surface area contributed by atoms with E-state index in [2.05, 4.69) is 13.8 Å². The fourth-order valence-electron chi connectivity index (χ4n) is 2.19. The second-order valence-corrected chi connectivity index (χ2v) is 6.04. The van der Waals surface area contributed by atoms with Crippen molar-refractivity contribution >= 4 is 0 Å². The normalized spacial score (nSPS) is 8.77. The molecule has 0 spiro atoms. The van der Waals surface area contributed by atoms with Gasteiger partial charge >= 0.3 is 0 Å². The quantitative estimate of drug-likeness (QED) is 0.189. The van der Waals surface area contributed by atoms with Crippen LogP contribution in [0.2, 0.25) is 0 Å². The number of hydrogen-bond donors (Lipinski definition) is 3. The number of rotatable bonds is 13. The third-order valence-corrected chi connectivity index (χ3v) is 3.35. The van der Waals surface area contributed by atoms with Crippen LogP contribution in [-0.2, 0) is 21.7 Å². The van der Waals surface area contributed by atoms with Crippen molar-refractivity contribution in [3.05, 3.63) is 6.92 Å². The van der Waals surface area contributed by atoms with E-state index < -0.39 is 0 Å². The van der Waals surface area contributed by atoms with Crippen LogP contribution in [0.15, 0.2) is 0 Å². The van der Waals surface area contributed by atoms with E-state index in [4.69, 9.17) is 15.3 Å². The molecule has 0 saturated carbocycles. The minimum Gasteiger partial charge on any atom is -0.397 e. The maximum atomic E-state index is 7.57. The zero-order valence-electron chi connectivity index (χ0n) is 18.6. The van der Waals surface area contributed by atoms with Gasteiger partial charge in [-0.2, -0.15) is 6.42 Å². The Morgan fingerprint density at radius 2 is 0.654 bits per heavy atom. The van der Waals surface area contributed by atoms with Gasteiger partial charge in [0.25, 0.3) is 0 Å². The van der Waals surface area contributed by atoms with Crippen LogP contribution in [0, 0.1) is 6.92 Å². The minimum absolute atomic E-state index is 0. The van der Waals surface area contributed by atoms with E-state index in [1.165, 1.54) is 83.5 Å². The summed E-state index contributed by atoms with van der Waals surface area (Å²) >= 11 is 0. The van der Waals surface area contributed by atoms with Crippen molar-refractivity contribution in [1.29, 1.82) is 0 Å². The van der Waals surface area contributed by atoms with E-state index in [1.807, 2.05) is 0 Å². The SMILES string of the molecule is CCO.CCO.CCO.[CH2-]CCCCCCCCCCCCCCC.[Ti]. The van der Waals surface area contributed by atoms with Gasteiger partial charge in [0.05, 0.1) is 0 Å². The summed E-state index contributed by atoms with van der Waals surface area (Å²) in [5.74, 6) is 0. The summed E-state index contributed by atoms with van der Waals surface area (Å²) in [7, 11) is 0. The van der Waals surface area contributed by atoms with Crippen LogP contribution in [-0.4, -0.2) is 35.1 Å². The monoisotopic (exact) mass is 411 g/mol. The summed E-state index contributed by atoms with van der Waals surface area (Å²) in [4.78, 5) is 0. The van der Waals surface area contributed by atoms with E-state index in [0.717, 1.165) is 6.42 Å². The van der Waals surface area contributed by atoms with E-state index in [0.29, 0.717) is 0 Å². The van der Waals surface area contributed by atoms with Crippen LogP contribution in [0.4, 0.5) is 0 Å². The third-order valence-electron chi connectivity index (χ3n) is 3.35. The summed E-state index contributed by atoms with van der Waals surface area (Å²) in [5.41, 5.74) is 0. The van der Waals surface area contributed by atoms with Crippen molar-refractivity contribution in [2.24, 2.45) is 0 Å². The van der Waals surface area contributed by atoms with Crippen LogP contribution < -0.4 is 0 Å². The Kier molecular flexibility index (Phi) is 71.9.